The Bertz CT molecular complexity index is 282. The van der Waals surface area contributed by atoms with Crippen molar-refractivity contribution in [2.24, 2.45) is 11.8 Å². The highest BCUT2D eigenvalue weighted by atomic mass is 14.3. The molecule has 3 aliphatic carbocycles. The average molecular weight is 188 g/mol. The third-order valence-electron chi connectivity index (χ3n) is 4.43. The molecule has 0 aliphatic heterocycles. The van der Waals surface area contributed by atoms with Gasteiger partial charge in [-0.05, 0) is 63.2 Å². The number of allylic oxidation sites excluding steroid dienone is 4. The molecule has 0 amide bonds. The van der Waals surface area contributed by atoms with Gasteiger partial charge in [0.15, 0.2) is 0 Å². The topological polar surface area (TPSA) is 0 Å². The summed E-state index contributed by atoms with van der Waals surface area (Å²) in [6, 6.07) is 0. The van der Waals surface area contributed by atoms with E-state index in [4.69, 9.17) is 0 Å². The fourth-order valence-corrected chi connectivity index (χ4v) is 3.41. The van der Waals surface area contributed by atoms with Crippen molar-refractivity contribution in [3.8, 4) is 0 Å². The van der Waals surface area contributed by atoms with E-state index >= 15 is 0 Å². The number of hydrogen-bond donors (Lipinski definition) is 0. The highest BCUT2D eigenvalue weighted by molar-refractivity contribution is 5.21. The first kappa shape index (κ1) is 8.76. The highest BCUT2D eigenvalue weighted by Crippen LogP contribution is 2.41. The lowest BCUT2D eigenvalue weighted by molar-refractivity contribution is 0.479. The van der Waals surface area contributed by atoms with Gasteiger partial charge in [-0.3, -0.25) is 0 Å². The maximum atomic E-state index is 2.58. The summed E-state index contributed by atoms with van der Waals surface area (Å²) in [7, 11) is 0. The maximum Gasteiger partial charge on any atom is -0.0166 e. The zero-order valence-electron chi connectivity index (χ0n) is 8.97. The Morgan fingerprint density at radius 2 is 1.79 bits per heavy atom. The molecule has 0 radical (unpaired) electrons. The molecule has 0 aromatic rings. The Morgan fingerprint density at radius 3 is 2.64 bits per heavy atom. The predicted octanol–water partition coefficient (Wildman–Crippen LogP) is 4.23. The van der Waals surface area contributed by atoms with Crippen molar-refractivity contribution in [3.05, 3.63) is 23.3 Å². The van der Waals surface area contributed by atoms with E-state index < -0.39 is 0 Å². The molecule has 0 aromatic heterocycles. The average Bonchev–Trinajstić information content (AvgIpc) is 2.58. The molecule has 2 atom stereocenters. The van der Waals surface area contributed by atoms with E-state index in [0.29, 0.717) is 0 Å². The van der Waals surface area contributed by atoms with Crippen LogP contribution in [-0.4, -0.2) is 0 Å². The van der Waals surface area contributed by atoms with Gasteiger partial charge in [0.1, 0.15) is 0 Å². The number of fused-ring (bicyclic) bond motifs is 2. The fraction of sp³-hybridized carbons (Fsp3) is 0.714. The van der Waals surface area contributed by atoms with Crippen molar-refractivity contribution >= 4 is 0 Å². The second-order valence-corrected chi connectivity index (χ2v) is 5.20. The molecule has 0 bridgehead atoms. The normalized spacial score (nSPS) is 36.6. The minimum atomic E-state index is 0.968. The van der Waals surface area contributed by atoms with Gasteiger partial charge in [0.2, 0.25) is 0 Å². The van der Waals surface area contributed by atoms with E-state index in [0.717, 1.165) is 11.8 Å². The zero-order valence-corrected chi connectivity index (χ0v) is 8.97. The first-order valence-corrected chi connectivity index (χ1v) is 6.31. The van der Waals surface area contributed by atoms with E-state index in [-0.39, 0.29) is 0 Å². The van der Waals surface area contributed by atoms with Crippen LogP contribution in [0, 0.1) is 11.8 Å². The molecule has 0 aromatic carbocycles. The Hall–Kier alpha value is -0.520. The molecule has 14 heavy (non-hydrogen) atoms. The minimum Gasteiger partial charge on any atom is -0.0850 e. The molecule has 1 saturated carbocycles. The summed E-state index contributed by atoms with van der Waals surface area (Å²) in [5, 5.41) is 0. The lowest BCUT2D eigenvalue weighted by atomic mass is 9.79. The number of rotatable bonds is 0. The van der Waals surface area contributed by atoms with Crippen LogP contribution in [0.2, 0.25) is 0 Å². The van der Waals surface area contributed by atoms with E-state index in [1.807, 2.05) is 5.57 Å². The van der Waals surface area contributed by atoms with Crippen LogP contribution in [0.5, 0.6) is 0 Å². The van der Waals surface area contributed by atoms with Gasteiger partial charge >= 0.3 is 0 Å². The van der Waals surface area contributed by atoms with Gasteiger partial charge in [0.05, 0.1) is 0 Å². The molecule has 0 heteroatoms. The van der Waals surface area contributed by atoms with Crippen LogP contribution < -0.4 is 0 Å². The monoisotopic (exact) mass is 188 g/mol. The van der Waals surface area contributed by atoms with E-state index in [1.54, 1.807) is 5.57 Å². The molecule has 76 valence electrons. The van der Waals surface area contributed by atoms with E-state index in [1.165, 1.54) is 51.4 Å². The molecular weight excluding hydrogens is 168 g/mol. The number of hydrogen-bond acceptors (Lipinski definition) is 0. The van der Waals surface area contributed by atoms with E-state index in [2.05, 4.69) is 12.2 Å². The Morgan fingerprint density at radius 1 is 0.857 bits per heavy atom. The summed E-state index contributed by atoms with van der Waals surface area (Å²) in [6.07, 6.45) is 16.4. The molecule has 0 saturated heterocycles. The molecule has 0 N–H and O–H groups in total. The van der Waals surface area contributed by atoms with Gasteiger partial charge in [0.25, 0.3) is 0 Å². The lowest BCUT2D eigenvalue weighted by Crippen LogP contribution is -2.12. The van der Waals surface area contributed by atoms with Crippen molar-refractivity contribution < 1.29 is 0 Å². The van der Waals surface area contributed by atoms with Crippen molar-refractivity contribution in [2.45, 2.75) is 51.4 Å². The van der Waals surface area contributed by atoms with Gasteiger partial charge < -0.3 is 0 Å². The summed E-state index contributed by atoms with van der Waals surface area (Å²) < 4.78 is 0. The van der Waals surface area contributed by atoms with Crippen LogP contribution in [0.1, 0.15) is 51.4 Å². The second-order valence-electron chi connectivity index (χ2n) is 5.20. The van der Waals surface area contributed by atoms with Crippen molar-refractivity contribution in [2.75, 3.05) is 0 Å². The first-order valence-electron chi connectivity index (χ1n) is 6.31. The smallest absolute Gasteiger partial charge is 0.0166 e. The van der Waals surface area contributed by atoms with Crippen molar-refractivity contribution in [3.63, 3.8) is 0 Å². The van der Waals surface area contributed by atoms with Crippen LogP contribution in [0.15, 0.2) is 23.3 Å². The quantitative estimate of drug-likeness (QED) is 0.499. The first-order chi connectivity index (χ1) is 6.93. The molecule has 3 aliphatic rings. The summed E-state index contributed by atoms with van der Waals surface area (Å²) in [6.45, 7) is 0. The van der Waals surface area contributed by atoms with Crippen molar-refractivity contribution in [1.29, 1.82) is 0 Å². The lowest BCUT2D eigenvalue weighted by Gasteiger charge is -2.27. The largest absolute Gasteiger partial charge is 0.0850 e. The van der Waals surface area contributed by atoms with Crippen LogP contribution >= 0.6 is 0 Å². The van der Waals surface area contributed by atoms with Gasteiger partial charge in [-0.1, -0.05) is 23.3 Å². The summed E-state index contributed by atoms with van der Waals surface area (Å²) >= 11 is 0. The van der Waals surface area contributed by atoms with Crippen LogP contribution in [0.3, 0.4) is 0 Å². The highest BCUT2D eigenvalue weighted by Gasteiger charge is 2.26. The SMILES string of the molecule is C1=C2CCC[C@@H]2CCC2=CC[C@H]2CC1. The standard InChI is InChI=1S/C14H20/c1-3-11-4-2-6-13-8-10-14(13)9-7-12(11)5-1/h4,10,12-13H,1-3,5-9H2/t12-,13-/m1/s1. The molecule has 0 unspecified atom stereocenters. The Kier molecular flexibility index (Phi) is 2.23. The minimum absolute atomic E-state index is 0.968. The Labute approximate surface area is 87.1 Å². The van der Waals surface area contributed by atoms with Gasteiger partial charge in [-0.2, -0.15) is 0 Å². The summed E-state index contributed by atoms with van der Waals surface area (Å²) in [5.41, 5.74) is 3.61. The van der Waals surface area contributed by atoms with Crippen molar-refractivity contribution in [1.82, 2.24) is 0 Å². The third-order valence-corrected chi connectivity index (χ3v) is 4.43. The maximum absolute atomic E-state index is 2.58. The molecule has 1 fully saturated rings. The van der Waals surface area contributed by atoms with Gasteiger partial charge in [0, 0.05) is 0 Å². The van der Waals surface area contributed by atoms with Gasteiger partial charge in [-0.15, -0.1) is 0 Å². The zero-order chi connectivity index (χ0) is 9.38. The molecular formula is C14H20. The predicted molar refractivity (Wildman–Crippen MR) is 60.1 cm³/mol. The van der Waals surface area contributed by atoms with Crippen LogP contribution in [-0.2, 0) is 0 Å². The second kappa shape index (κ2) is 3.56. The molecule has 0 spiro atoms. The van der Waals surface area contributed by atoms with Crippen LogP contribution in [0.4, 0.5) is 0 Å². The third kappa shape index (κ3) is 1.45. The van der Waals surface area contributed by atoms with Gasteiger partial charge in [-0.25, -0.2) is 0 Å². The van der Waals surface area contributed by atoms with Crippen LogP contribution in [0.25, 0.3) is 0 Å². The Balaban J connectivity index is 1.76. The molecule has 0 nitrogen and oxygen atoms in total. The fourth-order valence-electron chi connectivity index (χ4n) is 3.41. The van der Waals surface area contributed by atoms with E-state index in [9.17, 15) is 0 Å². The summed E-state index contributed by atoms with van der Waals surface area (Å²) in [5.74, 6) is 1.95. The molecule has 3 rings (SSSR count). The molecule has 0 heterocycles. The summed E-state index contributed by atoms with van der Waals surface area (Å²) in [4.78, 5) is 0.